The molecule has 0 aromatic carbocycles. The van der Waals surface area contributed by atoms with Gasteiger partial charge in [-0.05, 0) is 20.0 Å². The Morgan fingerprint density at radius 3 is 2.33 bits per heavy atom. The first kappa shape index (κ1) is 12.4. The summed E-state index contributed by atoms with van der Waals surface area (Å²) < 4.78 is 0. The summed E-state index contributed by atoms with van der Waals surface area (Å²) >= 11 is 0. The summed E-state index contributed by atoms with van der Waals surface area (Å²) in [5.41, 5.74) is 0. The van der Waals surface area contributed by atoms with Crippen LogP contribution >= 0.6 is 0 Å². The standard InChI is InChI=1S/C11H22N4/c1-3-4-14-5-7-15(8-6-14)10-11(9-12)13-2/h11,13H,3-8,10H2,1-2H3. The third-order valence-corrected chi connectivity index (χ3v) is 2.95. The normalized spacial score (nSPS) is 21.1. The molecule has 0 radical (unpaired) electrons. The van der Waals surface area contributed by atoms with E-state index >= 15 is 0 Å². The van der Waals surface area contributed by atoms with Crippen LogP contribution in [0.4, 0.5) is 0 Å². The van der Waals surface area contributed by atoms with Crippen molar-refractivity contribution in [3.63, 3.8) is 0 Å². The van der Waals surface area contributed by atoms with Gasteiger partial charge in [0, 0.05) is 32.7 Å². The highest BCUT2D eigenvalue weighted by Gasteiger charge is 2.18. The Morgan fingerprint density at radius 1 is 1.27 bits per heavy atom. The molecule has 0 amide bonds. The van der Waals surface area contributed by atoms with E-state index in [1.807, 2.05) is 7.05 Å². The second-order valence-electron chi connectivity index (χ2n) is 4.11. The van der Waals surface area contributed by atoms with Gasteiger partial charge >= 0.3 is 0 Å². The van der Waals surface area contributed by atoms with Crippen LogP contribution in [0.25, 0.3) is 0 Å². The second-order valence-corrected chi connectivity index (χ2v) is 4.11. The van der Waals surface area contributed by atoms with Gasteiger partial charge in [0.05, 0.1) is 6.07 Å². The lowest BCUT2D eigenvalue weighted by Crippen LogP contribution is -2.50. The van der Waals surface area contributed by atoms with Gasteiger partial charge in [0.2, 0.25) is 0 Å². The highest BCUT2D eigenvalue weighted by Crippen LogP contribution is 2.02. The molecular formula is C11H22N4. The van der Waals surface area contributed by atoms with Crippen molar-refractivity contribution in [1.82, 2.24) is 15.1 Å². The Hall–Kier alpha value is -0.630. The van der Waals surface area contributed by atoms with Crippen LogP contribution in [0, 0.1) is 11.3 Å². The molecule has 15 heavy (non-hydrogen) atoms. The molecule has 1 heterocycles. The van der Waals surface area contributed by atoms with Crippen molar-refractivity contribution in [2.45, 2.75) is 19.4 Å². The van der Waals surface area contributed by atoms with E-state index in [-0.39, 0.29) is 6.04 Å². The average Bonchev–Trinajstić information content (AvgIpc) is 2.28. The van der Waals surface area contributed by atoms with Gasteiger partial charge in [-0.2, -0.15) is 5.26 Å². The number of likely N-dealkylation sites (N-methyl/N-ethyl adjacent to an activating group) is 1. The van der Waals surface area contributed by atoms with Crippen LogP contribution < -0.4 is 5.32 Å². The fraction of sp³-hybridized carbons (Fsp3) is 0.909. The van der Waals surface area contributed by atoms with E-state index in [1.54, 1.807) is 0 Å². The molecule has 1 atom stereocenters. The Bertz CT molecular complexity index is 203. The number of hydrogen-bond acceptors (Lipinski definition) is 4. The predicted octanol–water partition coefficient (Wildman–Crippen LogP) is 0.126. The maximum Gasteiger partial charge on any atom is 0.108 e. The minimum atomic E-state index is -0.0253. The molecule has 4 heteroatoms. The van der Waals surface area contributed by atoms with E-state index in [2.05, 4.69) is 28.1 Å². The van der Waals surface area contributed by atoms with Crippen LogP contribution in [0.2, 0.25) is 0 Å². The molecule has 1 unspecified atom stereocenters. The molecule has 86 valence electrons. The van der Waals surface area contributed by atoms with Gasteiger partial charge in [-0.15, -0.1) is 0 Å². The van der Waals surface area contributed by atoms with Gasteiger partial charge in [0.25, 0.3) is 0 Å². The van der Waals surface area contributed by atoms with Crippen LogP contribution in [-0.2, 0) is 0 Å². The number of piperazine rings is 1. The summed E-state index contributed by atoms with van der Waals surface area (Å²) in [6.45, 7) is 8.78. The first-order valence-corrected chi connectivity index (χ1v) is 5.81. The van der Waals surface area contributed by atoms with Crippen molar-refractivity contribution < 1.29 is 0 Å². The number of hydrogen-bond donors (Lipinski definition) is 1. The van der Waals surface area contributed by atoms with Crippen molar-refractivity contribution in [3.8, 4) is 6.07 Å². The van der Waals surface area contributed by atoms with Crippen molar-refractivity contribution in [2.24, 2.45) is 0 Å². The van der Waals surface area contributed by atoms with E-state index < -0.39 is 0 Å². The summed E-state index contributed by atoms with van der Waals surface area (Å²) in [5, 5.41) is 11.9. The van der Waals surface area contributed by atoms with E-state index in [0.29, 0.717) is 0 Å². The Morgan fingerprint density at radius 2 is 1.87 bits per heavy atom. The molecule has 1 fully saturated rings. The summed E-state index contributed by atoms with van der Waals surface area (Å²) in [5.74, 6) is 0. The van der Waals surface area contributed by atoms with Gasteiger partial charge in [-0.1, -0.05) is 6.92 Å². The molecule has 0 saturated carbocycles. The lowest BCUT2D eigenvalue weighted by molar-refractivity contribution is 0.129. The maximum atomic E-state index is 8.84. The number of nitrogens with zero attached hydrogens (tertiary/aromatic N) is 3. The number of rotatable bonds is 5. The largest absolute Gasteiger partial charge is 0.304 e. The van der Waals surface area contributed by atoms with E-state index in [1.165, 1.54) is 13.0 Å². The summed E-state index contributed by atoms with van der Waals surface area (Å²) in [7, 11) is 1.85. The number of nitrogens with one attached hydrogen (secondary N) is 1. The molecule has 0 aromatic rings. The minimum absolute atomic E-state index is 0.0253. The summed E-state index contributed by atoms with van der Waals surface area (Å²) in [6.07, 6.45) is 1.23. The molecule has 1 saturated heterocycles. The molecular weight excluding hydrogens is 188 g/mol. The SMILES string of the molecule is CCCN1CCN(CC(C#N)NC)CC1. The molecule has 0 spiro atoms. The second kappa shape index (κ2) is 6.78. The quantitative estimate of drug-likeness (QED) is 0.700. The van der Waals surface area contributed by atoms with Gasteiger partial charge < -0.3 is 10.2 Å². The van der Waals surface area contributed by atoms with Crippen LogP contribution in [0.15, 0.2) is 0 Å². The van der Waals surface area contributed by atoms with Gasteiger partial charge in [0.1, 0.15) is 6.04 Å². The van der Waals surface area contributed by atoms with Crippen molar-refractivity contribution >= 4 is 0 Å². The first-order valence-electron chi connectivity index (χ1n) is 5.81. The summed E-state index contributed by atoms with van der Waals surface area (Å²) in [4.78, 5) is 4.87. The fourth-order valence-corrected chi connectivity index (χ4v) is 1.97. The predicted molar refractivity (Wildman–Crippen MR) is 61.6 cm³/mol. The maximum absolute atomic E-state index is 8.84. The van der Waals surface area contributed by atoms with Gasteiger partial charge in [-0.25, -0.2) is 0 Å². The zero-order chi connectivity index (χ0) is 11.1. The average molecular weight is 210 g/mol. The zero-order valence-corrected chi connectivity index (χ0v) is 9.87. The Kier molecular flexibility index (Phi) is 5.62. The highest BCUT2D eigenvalue weighted by molar-refractivity contribution is 4.91. The zero-order valence-electron chi connectivity index (χ0n) is 9.87. The molecule has 0 aliphatic carbocycles. The van der Waals surface area contributed by atoms with Crippen LogP contribution in [0.3, 0.4) is 0 Å². The van der Waals surface area contributed by atoms with E-state index in [4.69, 9.17) is 5.26 Å². The highest BCUT2D eigenvalue weighted by atomic mass is 15.3. The van der Waals surface area contributed by atoms with Gasteiger partial charge in [-0.3, -0.25) is 4.90 Å². The number of nitriles is 1. The molecule has 1 rings (SSSR count). The van der Waals surface area contributed by atoms with Crippen molar-refractivity contribution in [3.05, 3.63) is 0 Å². The van der Waals surface area contributed by atoms with E-state index in [0.717, 1.165) is 32.7 Å². The van der Waals surface area contributed by atoms with Crippen LogP contribution in [0.1, 0.15) is 13.3 Å². The van der Waals surface area contributed by atoms with Gasteiger partial charge in [0.15, 0.2) is 0 Å². The van der Waals surface area contributed by atoms with Crippen LogP contribution in [0.5, 0.6) is 0 Å². The monoisotopic (exact) mass is 210 g/mol. The van der Waals surface area contributed by atoms with Crippen LogP contribution in [-0.4, -0.2) is 62.2 Å². The first-order chi connectivity index (χ1) is 7.30. The molecule has 4 nitrogen and oxygen atoms in total. The smallest absolute Gasteiger partial charge is 0.108 e. The lowest BCUT2D eigenvalue weighted by Gasteiger charge is -2.35. The molecule has 0 aromatic heterocycles. The Labute approximate surface area is 92.8 Å². The molecule has 1 N–H and O–H groups in total. The summed E-state index contributed by atoms with van der Waals surface area (Å²) in [6, 6.07) is 2.24. The van der Waals surface area contributed by atoms with E-state index in [9.17, 15) is 0 Å². The third kappa shape index (κ3) is 4.17. The topological polar surface area (TPSA) is 42.3 Å². The Balaban J connectivity index is 2.22. The van der Waals surface area contributed by atoms with Crippen molar-refractivity contribution in [1.29, 1.82) is 5.26 Å². The lowest BCUT2D eigenvalue weighted by atomic mass is 10.2. The fourth-order valence-electron chi connectivity index (χ4n) is 1.97. The molecule has 1 aliphatic rings. The molecule has 1 aliphatic heterocycles. The minimum Gasteiger partial charge on any atom is -0.304 e. The molecule has 0 bridgehead atoms. The third-order valence-electron chi connectivity index (χ3n) is 2.95. The van der Waals surface area contributed by atoms with Crippen molar-refractivity contribution in [2.75, 3.05) is 46.3 Å².